The third kappa shape index (κ3) is 1.52. The molecule has 4 heteroatoms. The zero-order valence-corrected chi connectivity index (χ0v) is 9.09. The molecule has 0 unspecified atom stereocenters. The van der Waals surface area contributed by atoms with E-state index < -0.39 is 0 Å². The third-order valence-electron chi connectivity index (χ3n) is 1.16. The molecule has 0 aliphatic rings. The SMILES string of the molecule is Cc1c(Br)cnc(Cl)c1Br. The van der Waals surface area contributed by atoms with E-state index in [1.54, 1.807) is 6.20 Å². The third-order valence-corrected chi connectivity index (χ3v) is 3.44. The van der Waals surface area contributed by atoms with Crippen molar-refractivity contribution < 1.29 is 0 Å². The average Bonchev–Trinajstić information content (AvgIpc) is 1.93. The van der Waals surface area contributed by atoms with E-state index in [1.807, 2.05) is 6.92 Å². The van der Waals surface area contributed by atoms with Crippen LogP contribution >= 0.6 is 43.5 Å². The maximum Gasteiger partial charge on any atom is 0.143 e. The van der Waals surface area contributed by atoms with Crippen molar-refractivity contribution in [3.05, 3.63) is 25.9 Å². The van der Waals surface area contributed by atoms with E-state index in [2.05, 4.69) is 36.8 Å². The van der Waals surface area contributed by atoms with Crippen LogP contribution in [0.1, 0.15) is 5.56 Å². The molecule has 0 aliphatic heterocycles. The molecule has 0 atom stereocenters. The lowest BCUT2D eigenvalue weighted by Gasteiger charge is -2.00. The van der Waals surface area contributed by atoms with Crippen molar-refractivity contribution in [1.29, 1.82) is 0 Å². The van der Waals surface area contributed by atoms with E-state index in [4.69, 9.17) is 11.6 Å². The molecule has 0 saturated carbocycles. The summed E-state index contributed by atoms with van der Waals surface area (Å²) in [4.78, 5) is 3.91. The van der Waals surface area contributed by atoms with Crippen LogP contribution in [0.25, 0.3) is 0 Å². The number of aromatic nitrogens is 1. The van der Waals surface area contributed by atoms with Crippen molar-refractivity contribution in [2.75, 3.05) is 0 Å². The molecule has 0 saturated heterocycles. The number of pyridine rings is 1. The van der Waals surface area contributed by atoms with Crippen LogP contribution in [0, 0.1) is 6.92 Å². The van der Waals surface area contributed by atoms with Gasteiger partial charge in [0.15, 0.2) is 0 Å². The molecule has 1 rings (SSSR count). The maximum absolute atomic E-state index is 5.71. The van der Waals surface area contributed by atoms with Crippen LogP contribution < -0.4 is 0 Å². The summed E-state index contributed by atoms with van der Waals surface area (Å²) in [6.45, 7) is 1.96. The van der Waals surface area contributed by atoms with E-state index in [1.165, 1.54) is 0 Å². The largest absolute Gasteiger partial charge is 0.242 e. The van der Waals surface area contributed by atoms with Crippen molar-refractivity contribution in [2.24, 2.45) is 0 Å². The number of hydrogen-bond donors (Lipinski definition) is 0. The molecule has 0 aromatic carbocycles. The fourth-order valence-electron chi connectivity index (χ4n) is 0.526. The summed E-state index contributed by atoms with van der Waals surface area (Å²) < 4.78 is 1.81. The molecule has 0 radical (unpaired) electrons. The van der Waals surface area contributed by atoms with E-state index in [0.29, 0.717) is 5.15 Å². The lowest BCUT2D eigenvalue weighted by molar-refractivity contribution is 1.24. The van der Waals surface area contributed by atoms with Gasteiger partial charge in [0.1, 0.15) is 5.15 Å². The van der Waals surface area contributed by atoms with Gasteiger partial charge in [-0.15, -0.1) is 0 Å². The van der Waals surface area contributed by atoms with Gasteiger partial charge in [0.2, 0.25) is 0 Å². The molecular formula is C6H4Br2ClN. The summed E-state index contributed by atoms with van der Waals surface area (Å²) in [6, 6.07) is 0. The predicted octanol–water partition coefficient (Wildman–Crippen LogP) is 3.57. The first-order valence-corrected chi connectivity index (χ1v) is 4.55. The standard InChI is InChI=1S/C6H4Br2ClN/c1-3-4(7)2-10-6(9)5(3)8/h2H,1H3. The fourth-order valence-corrected chi connectivity index (χ4v) is 1.60. The van der Waals surface area contributed by atoms with Gasteiger partial charge in [-0.1, -0.05) is 11.6 Å². The molecule has 10 heavy (non-hydrogen) atoms. The zero-order valence-electron chi connectivity index (χ0n) is 5.16. The van der Waals surface area contributed by atoms with Gasteiger partial charge in [0.25, 0.3) is 0 Å². The van der Waals surface area contributed by atoms with Crippen molar-refractivity contribution in [3.63, 3.8) is 0 Å². The number of rotatable bonds is 0. The molecule has 1 heterocycles. The Labute approximate surface area is 81.1 Å². The van der Waals surface area contributed by atoms with Gasteiger partial charge in [-0.25, -0.2) is 4.98 Å². The molecular weight excluding hydrogens is 281 g/mol. The molecule has 0 bridgehead atoms. The highest BCUT2D eigenvalue weighted by Crippen LogP contribution is 2.28. The van der Waals surface area contributed by atoms with E-state index in [-0.39, 0.29) is 0 Å². The summed E-state index contributed by atoms with van der Waals surface area (Å²) in [5, 5.41) is 0.501. The minimum Gasteiger partial charge on any atom is -0.242 e. The van der Waals surface area contributed by atoms with Gasteiger partial charge in [0.05, 0.1) is 4.47 Å². The molecule has 0 N–H and O–H groups in total. The van der Waals surface area contributed by atoms with Crippen LogP contribution in [0.4, 0.5) is 0 Å². The Hall–Kier alpha value is 0.400. The number of nitrogens with zero attached hydrogens (tertiary/aromatic N) is 1. The second kappa shape index (κ2) is 3.20. The Morgan fingerprint density at radius 1 is 1.50 bits per heavy atom. The lowest BCUT2D eigenvalue weighted by Crippen LogP contribution is -1.82. The van der Waals surface area contributed by atoms with Crippen molar-refractivity contribution in [2.45, 2.75) is 6.92 Å². The van der Waals surface area contributed by atoms with Gasteiger partial charge in [-0.3, -0.25) is 0 Å². The first-order valence-electron chi connectivity index (χ1n) is 2.59. The highest BCUT2D eigenvalue weighted by molar-refractivity contribution is 9.11. The number of hydrogen-bond acceptors (Lipinski definition) is 1. The first-order chi connectivity index (χ1) is 4.63. The smallest absolute Gasteiger partial charge is 0.143 e. The normalized spacial score (nSPS) is 10.0. The molecule has 0 fully saturated rings. The molecule has 0 spiro atoms. The molecule has 1 nitrogen and oxygen atoms in total. The van der Waals surface area contributed by atoms with Crippen LogP contribution in [-0.2, 0) is 0 Å². The summed E-state index contributed by atoms with van der Waals surface area (Å²) in [5.41, 5.74) is 1.07. The van der Waals surface area contributed by atoms with Crippen LogP contribution in [0.2, 0.25) is 5.15 Å². The van der Waals surface area contributed by atoms with Gasteiger partial charge < -0.3 is 0 Å². The van der Waals surface area contributed by atoms with Gasteiger partial charge in [-0.05, 0) is 44.3 Å². The minimum absolute atomic E-state index is 0.501. The Kier molecular flexibility index (Phi) is 2.72. The Morgan fingerprint density at radius 3 is 2.60 bits per heavy atom. The Balaban J connectivity index is 3.34. The fraction of sp³-hybridized carbons (Fsp3) is 0.167. The zero-order chi connectivity index (χ0) is 7.72. The van der Waals surface area contributed by atoms with Crippen LogP contribution in [-0.4, -0.2) is 4.98 Å². The van der Waals surface area contributed by atoms with Gasteiger partial charge in [0, 0.05) is 10.7 Å². The molecule has 1 aromatic heterocycles. The average molecular weight is 285 g/mol. The quantitative estimate of drug-likeness (QED) is 0.664. The molecule has 1 aromatic rings. The first kappa shape index (κ1) is 8.50. The molecule has 0 amide bonds. The molecule has 54 valence electrons. The summed E-state index contributed by atoms with van der Waals surface area (Å²) >= 11 is 12.3. The predicted molar refractivity (Wildman–Crippen MR) is 49.4 cm³/mol. The lowest BCUT2D eigenvalue weighted by atomic mass is 10.3. The summed E-state index contributed by atoms with van der Waals surface area (Å²) in [6.07, 6.45) is 1.68. The maximum atomic E-state index is 5.71. The van der Waals surface area contributed by atoms with Crippen LogP contribution in [0.15, 0.2) is 15.1 Å². The Morgan fingerprint density at radius 2 is 2.10 bits per heavy atom. The van der Waals surface area contributed by atoms with Gasteiger partial charge in [-0.2, -0.15) is 0 Å². The van der Waals surface area contributed by atoms with Gasteiger partial charge >= 0.3 is 0 Å². The highest BCUT2D eigenvalue weighted by Gasteiger charge is 2.03. The summed E-state index contributed by atoms with van der Waals surface area (Å²) in [5.74, 6) is 0. The topological polar surface area (TPSA) is 12.9 Å². The second-order valence-electron chi connectivity index (χ2n) is 1.84. The van der Waals surface area contributed by atoms with Crippen molar-refractivity contribution in [3.8, 4) is 0 Å². The highest BCUT2D eigenvalue weighted by atomic mass is 79.9. The monoisotopic (exact) mass is 283 g/mol. The van der Waals surface area contributed by atoms with E-state index in [0.717, 1.165) is 14.5 Å². The Bertz CT molecular complexity index is 235. The van der Waals surface area contributed by atoms with E-state index in [9.17, 15) is 0 Å². The second-order valence-corrected chi connectivity index (χ2v) is 3.84. The van der Waals surface area contributed by atoms with Crippen LogP contribution in [0.5, 0.6) is 0 Å². The van der Waals surface area contributed by atoms with Crippen LogP contribution in [0.3, 0.4) is 0 Å². The minimum atomic E-state index is 0.501. The number of halogens is 3. The summed E-state index contributed by atoms with van der Waals surface area (Å²) in [7, 11) is 0. The van der Waals surface area contributed by atoms with Crippen molar-refractivity contribution >= 4 is 43.5 Å². The van der Waals surface area contributed by atoms with E-state index >= 15 is 0 Å². The van der Waals surface area contributed by atoms with Crippen molar-refractivity contribution in [1.82, 2.24) is 4.98 Å². The molecule has 0 aliphatic carbocycles.